The van der Waals surface area contributed by atoms with Crippen LogP contribution in [0.5, 0.6) is 0 Å². The van der Waals surface area contributed by atoms with Gasteiger partial charge in [-0.3, -0.25) is 10.0 Å². The lowest BCUT2D eigenvalue weighted by Crippen LogP contribution is -2.28. The molecule has 0 saturated heterocycles. The number of carbonyl (C=O) groups is 1. The highest BCUT2D eigenvalue weighted by Crippen LogP contribution is 2.36. The number of alkyl halides is 3. The average molecular weight is 484 g/mol. The molecule has 1 amide bonds. The fourth-order valence-electron chi connectivity index (χ4n) is 2.86. The third kappa shape index (κ3) is 5.97. The Morgan fingerprint density at radius 3 is 2.39 bits per heavy atom. The fraction of sp³-hybridized carbons (Fsp3) is 0.263. The molecule has 10 nitrogen and oxygen atoms in total. The lowest BCUT2D eigenvalue weighted by atomic mass is 10.1. The van der Waals surface area contributed by atoms with E-state index in [1.54, 1.807) is 6.92 Å². The number of pyridine rings is 1. The maximum absolute atomic E-state index is 13.5. The Balaban J connectivity index is 1.85. The first kappa shape index (κ1) is 24.0. The molecule has 0 fully saturated rings. The van der Waals surface area contributed by atoms with Gasteiger partial charge in [-0.25, -0.2) is 22.9 Å². The molecule has 0 radical (unpaired) electrons. The van der Waals surface area contributed by atoms with Crippen molar-refractivity contribution in [2.24, 2.45) is 7.05 Å². The Bertz CT molecular complexity index is 1260. The van der Waals surface area contributed by atoms with Crippen molar-refractivity contribution in [3.8, 4) is 11.4 Å². The molecule has 0 aliphatic heterocycles. The van der Waals surface area contributed by atoms with Gasteiger partial charge in [0.15, 0.2) is 11.5 Å². The quantitative estimate of drug-likeness (QED) is 0.549. The van der Waals surface area contributed by atoms with E-state index in [9.17, 15) is 26.4 Å². The van der Waals surface area contributed by atoms with Crippen LogP contribution in [0.1, 0.15) is 17.4 Å². The summed E-state index contributed by atoms with van der Waals surface area (Å²) in [4.78, 5) is 16.6. The first-order valence-electron chi connectivity index (χ1n) is 9.30. The van der Waals surface area contributed by atoms with Gasteiger partial charge in [-0.15, -0.1) is 5.10 Å². The summed E-state index contributed by atoms with van der Waals surface area (Å²) in [5, 5.41) is 9.88. The molecule has 0 saturated carbocycles. The van der Waals surface area contributed by atoms with E-state index in [-0.39, 0.29) is 28.5 Å². The molecule has 3 rings (SSSR count). The van der Waals surface area contributed by atoms with Gasteiger partial charge in [-0.05, 0) is 19.1 Å². The minimum atomic E-state index is -4.84. The largest absolute Gasteiger partial charge is 0.431 e. The summed E-state index contributed by atoms with van der Waals surface area (Å²) < 4.78 is 71.4. The van der Waals surface area contributed by atoms with Crippen LogP contribution in [0.25, 0.3) is 11.4 Å². The third-order valence-electron chi connectivity index (χ3n) is 4.30. The second-order valence-corrected chi connectivity index (χ2v) is 8.73. The van der Waals surface area contributed by atoms with Gasteiger partial charge < -0.3 is 4.74 Å². The smallest absolute Gasteiger partial charge is 0.429 e. The van der Waals surface area contributed by atoms with E-state index in [4.69, 9.17) is 0 Å². The van der Waals surface area contributed by atoms with Crippen molar-refractivity contribution >= 4 is 27.6 Å². The molecule has 0 spiro atoms. The van der Waals surface area contributed by atoms with E-state index >= 15 is 0 Å². The van der Waals surface area contributed by atoms with Crippen LogP contribution in [0.15, 0.2) is 42.5 Å². The number of nitrogens with zero attached hydrogens (tertiary/aromatic N) is 4. The van der Waals surface area contributed by atoms with Crippen molar-refractivity contribution < 1.29 is 31.1 Å². The van der Waals surface area contributed by atoms with Crippen molar-refractivity contribution in [3.63, 3.8) is 0 Å². The molecule has 14 heteroatoms. The minimum Gasteiger partial charge on any atom is -0.431 e. The lowest BCUT2D eigenvalue weighted by Gasteiger charge is -2.21. The number of rotatable bonds is 6. The highest BCUT2D eigenvalue weighted by Gasteiger charge is 2.44. The number of benzene rings is 1. The van der Waals surface area contributed by atoms with Crippen molar-refractivity contribution in [1.29, 1.82) is 0 Å². The number of ether oxygens (including phenoxy) is 1. The molecule has 2 aromatic heterocycles. The highest BCUT2D eigenvalue weighted by molar-refractivity contribution is 7.92. The molecule has 2 N–H and O–H groups in total. The molecule has 2 heterocycles. The van der Waals surface area contributed by atoms with Crippen molar-refractivity contribution in [3.05, 3.63) is 53.7 Å². The second-order valence-electron chi connectivity index (χ2n) is 6.98. The van der Waals surface area contributed by atoms with Gasteiger partial charge in [-0.2, -0.15) is 13.2 Å². The summed E-state index contributed by atoms with van der Waals surface area (Å²) in [6.07, 6.45) is -7.71. The van der Waals surface area contributed by atoms with Crippen molar-refractivity contribution in [2.75, 3.05) is 16.3 Å². The molecule has 176 valence electrons. The van der Waals surface area contributed by atoms with E-state index in [2.05, 4.69) is 30.1 Å². The van der Waals surface area contributed by atoms with E-state index in [0.29, 0.717) is 5.69 Å². The molecular weight excluding hydrogens is 465 g/mol. The first-order valence-corrected chi connectivity index (χ1v) is 11.2. The molecule has 0 aliphatic rings. The van der Waals surface area contributed by atoms with Crippen LogP contribution >= 0.6 is 0 Å². The lowest BCUT2D eigenvalue weighted by molar-refractivity contribution is -0.205. The van der Waals surface area contributed by atoms with E-state index in [1.165, 1.54) is 49.5 Å². The maximum atomic E-state index is 13.5. The highest BCUT2D eigenvalue weighted by atomic mass is 32.2. The number of sulfonamides is 1. The maximum Gasteiger partial charge on any atom is 0.429 e. The molecule has 0 aliphatic carbocycles. The Morgan fingerprint density at radius 1 is 1.15 bits per heavy atom. The number of nitrogens with one attached hydrogen (secondary N) is 2. The fourth-order valence-corrected chi connectivity index (χ4v) is 3.47. The SMILES string of the molecule is Cc1nc(-c2nnn(C)c2NC(=O)OC(c2ccccc2)C(F)(F)F)ccc1NS(C)(=O)=O. The summed E-state index contributed by atoms with van der Waals surface area (Å²) in [6, 6.07) is 9.58. The topological polar surface area (TPSA) is 128 Å². The van der Waals surface area contributed by atoms with Crippen LogP contribution in [-0.2, 0) is 21.8 Å². The van der Waals surface area contributed by atoms with Crippen molar-refractivity contribution in [1.82, 2.24) is 20.0 Å². The van der Waals surface area contributed by atoms with Gasteiger partial charge in [0.25, 0.3) is 0 Å². The summed E-state index contributed by atoms with van der Waals surface area (Å²) in [5.41, 5.74) is 0.542. The Hall–Kier alpha value is -3.68. The van der Waals surface area contributed by atoms with Gasteiger partial charge in [0.2, 0.25) is 16.1 Å². The van der Waals surface area contributed by atoms with Gasteiger partial charge in [0.1, 0.15) is 0 Å². The minimum absolute atomic E-state index is 0.0479. The summed E-state index contributed by atoms with van der Waals surface area (Å²) in [5.74, 6) is -0.0651. The van der Waals surface area contributed by atoms with Crippen LogP contribution in [0, 0.1) is 6.92 Å². The summed E-state index contributed by atoms with van der Waals surface area (Å²) in [6.45, 7) is 1.54. The third-order valence-corrected chi connectivity index (χ3v) is 4.89. The normalized spacial score (nSPS) is 12.8. The van der Waals surface area contributed by atoms with Gasteiger partial charge in [0, 0.05) is 12.6 Å². The standard InChI is InChI=1S/C19H19F3N6O4S/c1-11-13(26-33(3,30)31)9-10-14(23-11)15-17(28(2)27-25-15)24-18(29)32-16(19(20,21)22)12-7-5-4-6-8-12/h4-10,16,26H,1-3H3,(H,24,29). The number of aryl methyl sites for hydroxylation is 2. The predicted molar refractivity (Wildman–Crippen MR) is 113 cm³/mol. The number of carbonyl (C=O) groups excluding carboxylic acids is 1. The number of hydrogen-bond acceptors (Lipinski definition) is 7. The van der Waals surface area contributed by atoms with Crippen molar-refractivity contribution in [2.45, 2.75) is 19.2 Å². The zero-order chi connectivity index (χ0) is 24.4. The second kappa shape index (κ2) is 9.05. The number of anilines is 2. The number of hydrogen-bond donors (Lipinski definition) is 2. The Kier molecular flexibility index (Phi) is 6.58. The molecule has 1 aromatic carbocycles. The van der Waals surface area contributed by atoms with Gasteiger partial charge in [-0.1, -0.05) is 35.5 Å². The molecule has 1 atom stereocenters. The van der Waals surface area contributed by atoms with Crippen LogP contribution in [0.2, 0.25) is 0 Å². The first-order chi connectivity index (χ1) is 15.3. The monoisotopic (exact) mass is 484 g/mol. The van der Waals surface area contributed by atoms with Crippen LogP contribution < -0.4 is 10.0 Å². The molecular formula is C19H19F3N6O4S. The molecule has 1 unspecified atom stereocenters. The molecule has 3 aromatic rings. The Morgan fingerprint density at radius 2 is 1.82 bits per heavy atom. The molecule has 33 heavy (non-hydrogen) atoms. The zero-order valence-corrected chi connectivity index (χ0v) is 18.4. The average Bonchev–Trinajstić information content (AvgIpc) is 3.07. The van der Waals surface area contributed by atoms with Gasteiger partial charge >= 0.3 is 12.3 Å². The van der Waals surface area contributed by atoms with E-state index in [1.807, 2.05) is 0 Å². The molecule has 0 bridgehead atoms. The number of halogens is 3. The Labute approximate surface area is 186 Å². The summed E-state index contributed by atoms with van der Waals surface area (Å²) in [7, 11) is -2.12. The predicted octanol–water partition coefficient (Wildman–Crippen LogP) is 3.41. The van der Waals surface area contributed by atoms with Crippen LogP contribution in [-0.4, -0.2) is 46.9 Å². The van der Waals surface area contributed by atoms with Gasteiger partial charge in [0.05, 0.1) is 23.3 Å². The number of aromatic nitrogens is 4. The van der Waals surface area contributed by atoms with Crippen LogP contribution in [0.3, 0.4) is 0 Å². The number of amides is 1. The zero-order valence-electron chi connectivity index (χ0n) is 17.6. The van der Waals surface area contributed by atoms with E-state index < -0.39 is 28.4 Å². The van der Waals surface area contributed by atoms with E-state index in [0.717, 1.165) is 10.9 Å². The van der Waals surface area contributed by atoms with Crippen LogP contribution in [0.4, 0.5) is 29.5 Å². The summed E-state index contributed by atoms with van der Waals surface area (Å²) >= 11 is 0.